The Labute approximate surface area is 146 Å². The van der Waals surface area contributed by atoms with Crippen LogP contribution in [0.15, 0.2) is 48.4 Å². The summed E-state index contributed by atoms with van der Waals surface area (Å²) in [6.07, 6.45) is 8.32. The number of anilines is 1. The van der Waals surface area contributed by atoms with Crippen molar-refractivity contribution in [2.45, 2.75) is 12.8 Å². The zero-order valence-electron chi connectivity index (χ0n) is 14.1. The average molecular weight is 339 g/mol. The summed E-state index contributed by atoms with van der Waals surface area (Å²) in [4.78, 5) is 15.7. The van der Waals surface area contributed by atoms with E-state index in [1.54, 1.807) is 25.0 Å². The van der Waals surface area contributed by atoms with Gasteiger partial charge in [-0.15, -0.1) is 0 Å². The largest absolute Gasteiger partial charge is 0.351 e. The summed E-state index contributed by atoms with van der Waals surface area (Å²) in [7, 11) is 1.64. The topological polar surface area (TPSA) is 54.9 Å². The second-order valence-electron chi connectivity index (χ2n) is 5.72. The maximum Gasteiger partial charge on any atom is 0.204 e. The van der Waals surface area contributed by atoms with E-state index in [-0.39, 0.29) is 5.82 Å². The van der Waals surface area contributed by atoms with Gasteiger partial charge in [-0.05, 0) is 31.1 Å². The van der Waals surface area contributed by atoms with E-state index in [1.807, 2.05) is 18.2 Å². The third kappa shape index (κ3) is 4.63. The Bertz CT molecular complexity index is 815. The van der Waals surface area contributed by atoms with Crippen LogP contribution in [0.25, 0.3) is 0 Å². The van der Waals surface area contributed by atoms with Crippen molar-refractivity contribution in [3.05, 3.63) is 59.8 Å². The molecule has 1 aliphatic heterocycles. The van der Waals surface area contributed by atoms with E-state index in [2.05, 4.69) is 26.7 Å². The van der Waals surface area contributed by atoms with Crippen molar-refractivity contribution >= 4 is 11.5 Å². The van der Waals surface area contributed by atoms with Gasteiger partial charge in [0.2, 0.25) is 5.69 Å². The summed E-state index contributed by atoms with van der Waals surface area (Å²) in [5, 5.41) is 0. The number of nitrogens with two attached hydrogens (primary N) is 1. The molecular formula is C19H20FN4O+. The zero-order chi connectivity index (χ0) is 17.5. The van der Waals surface area contributed by atoms with Crippen LogP contribution in [-0.2, 0) is 4.84 Å². The molecule has 128 valence electrons. The van der Waals surface area contributed by atoms with E-state index >= 15 is 0 Å². The molecule has 0 unspecified atom stereocenters. The Balaban J connectivity index is 1.63. The zero-order valence-corrected chi connectivity index (χ0v) is 14.1. The average Bonchev–Trinajstić information content (AvgIpc) is 2.63. The van der Waals surface area contributed by atoms with Crippen LogP contribution in [0.2, 0.25) is 0 Å². The van der Waals surface area contributed by atoms with Gasteiger partial charge in [-0.25, -0.2) is 14.2 Å². The van der Waals surface area contributed by atoms with Gasteiger partial charge in [0.1, 0.15) is 5.82 Å². The van der Waals surface area contributed by atoms with Gasteiger partial charge in [0.05, 0.1) is 13.3 Å². The van der Waals surface area contributed by atoms with Crippen molar-refractivity contribution in [3.63, 3.8) is 0 Å². The summed E-state index contributed by atoms with van der Waals surface area (Å²) < 4.78 is 13.1. The summed E-state index contributed by atoms with van der Waals surface area (Å²) in [5.41, 5.74) is 4.58. The molecule has 6 heteroatoms. The molecule has 0 aliphatic carbocycles. The molecule has 0 atom stereocenters. The van der Waals surface area contributed by atoms with Gasteiger partial charge in [-0.3, -0.25) is 4.98 Å². The number of piperidine rings is 1. The fourth-order valence-electron chi connectivity index (χ4n) is 2.74. The van der Waals surface area contributed by atoms with Crippen molar-refractivity contribution in [1.29, 1.82) is 0 Å². The molecule has 2 aromatic rings. The Morgan fingerprint density at radius 1 is 1.32 bits per heavy atom. The van der Waals surface area contributed by atoms with Crippen LogP contribution in [0, 0.1) is 17.7 Å². The van der Waals surface area contributed by atoms with E-state index in [0.717, 1.165) is 37.4 Å². The van der Waals surface area contributed by atoms with Crippen LogP contribution in [0.4, 0.5) is 15.9 Å². The first-order valence-electron chi connectivity index (χ1n) is 8.12. The van der Waals surface area contributed by atoms with Gasteiger partial charge in [0.15, 0.2) is 5.82 Å². The van der Waals surface area contributed by atoms with Crippen molar-refractivity contribution in [1.82, 2.24) is 9.97 Å². The fourth-order valence-corrected chi connectivity index (χ4v) is 2.74. The number of quaternary nitrogens is 1. The van der Waals surface area contributed by atoms with Gasteiger partial charge in [-0.2, -0.15) is 5.48 Å². The first-order chi connectivity index (χ1) is 12.3. The molecule has 25 heavy (non-hydrogen) atoms. The Hall–Kier alpha value is -2.75. The van der Waals surface area contributed by atoms with E-state index < -0.39 is 0 Å². The molecule has 0 radical (unpaired) electrons. The van der Waals surface area contributed by atoms with Crippen molar-refractivity contribution in [2.24, 2.45) is 0 Å². The molecule has 5 nitrogen and oxygen atoms in total. The molecule has 1 aliphatic rings. The number of aromatic nitrogens is 2. The molecule has 3 rings (SSSR count). The van der Waals surface area contributed by atoms with Crippen LogP contribution in [0.5, 0.6) is 0 Å². The summed E-state index contributed by atoms with van der Waals surface area (Å²) >= 11 is 0. The third-order valence-electron chi connectivity index (χ3n) is 3.96. The monoisotopic (exact) mass is 339 g/mol. The van der Waals surface area contributed by atoms with Gasteiger partial charge >= 0.3 is 0 Å². The number of hydrogen-bond acceptors (Lipinski definition) is 4. The number of hydrogen-bond donors (Lipinski definition) is 1. The first-order valence-corrected chi connectivity index (χ1v) is 8.12. The lowest BCUT2D eigenvalue weighted by atomic mass is 10.0. The van der Waals surface area contributed by atoms with E-state index in [4.69, 9.17) is 4.84 Å². The Morgan fingerprint density at radius 3 is 2.92 bits per heavy atom. The Morgan fingerprint density at radius 2 is 2.16 bits per heavy atom. The van der Waals surface area contributed by atoms with Gasteiger partial charge < -0.3 is 4.90 Å². The van der Waals surface area contributed by atoms with Crippen LogP contribution < -0.4 is 10.4 Å². The quantitative estimate of drug-likeness (QED) is 0.686. The molecule has 2 aromatic heterocycles. The van der Waals surface area contributed by atoms with E-state index in [9.17, 15) is 4.39 Å². The maximum atomic E-state index is 13.1. The van der Waals surface area contributed by atoms with Gasteiger partial charge in [-0.1, -0.05) is 17.4 Å². The molecular weight excluding hydrogens is 319 g/mol. The molecule has 3 heterocycles. The van der Waals surface area contributed by atoms with Crippen LogP contribution in [0.3, 0.4) is 0 Å². The molecule has 0 amide bonds. The normalized spacial score (nSPS) is 14.0. The van der Waals surface area contributed by atoms with E-state index in [1.165, 1.54) is 17.8 Å². The molecule has 0 bridgehead atoms. The smallest absolute Gasteiger partial charge is 0.204 e. The van der Waals surface area contributed by atoms with Crippen LogP contribution in [-0.4, -0.2) is 30.2 Å². The second-order valence-corrected chi connectivity index (χ2v) is 5.72. The molecule has 1 fully saturated rings. The predicted octanol–water partition coefficient (Wildman–Crippen LogP) is 1.95. The van der Waals surface area contributed by atoms with Crippen molar-refractivity contribution in [3.8, 4) is 11.8 Å². The molecule has 2 N–H and O–H groups in total. The minimum atomic E-state index is -0.369. The fraction of sp³-hybridized carbons (Fsp3) is 0.263. The summed E-state index contributed by atoms with van der Waals surface area (Å²) in [6, 6.07) is 5.28. The number of allylic oxidation sites excluding steroid dienone is 1. The van der Waals surface area contributed by atoms with E-state index in [0.29, 0.717) is 5.56 Å². The number of nitrogens with zero attached hydrogens (tertiary/aromatic N) is 3. The van der Waals surface area contributed by atoms with Crippen LogP contribution in [0.1, 0.15) is 18.4 Å². The number of pyridine rings is 2. The van der Waals surface area contributed by atoms with Gasteiger partial charge in [0.25, 0.3) is 0 Å². The summed E-state index contributed by atoms with van der Waals surface area (Å²) in [6.45, 7) is 1.77. The lowest BCUT2D eigenvalue weighted by Gasteiger charge is -2.29. The molecule has 1 saturated heterocycles. The highest BCUT2D eigenvalue weighted by Gasteiger charge is 2.19. The predicted molar refractivity (Wildman–Crippen MR) is 93.4 cm³/mol. The number of halogens is 1. The highest BCUT2D eigenvalue weighted by atomic mass is 19.1. The van der Waals surface area contributed by atoms with Crippen molar-refractivity contribution < 1.29 is 14.7 Å². The van der Waals surface area contributed by atoms with Crippen LogP contribution >= 0.6 is 0 Å². The first kappa shape index (κ1) is 17.1. The minimum absolute atomic E-state index is 0.369. The Kier molecular flexibility index (Phi) is 5.73. The van der Waals surface area contributed by atoms with Crippen molar-refractivity contribution in [2.75, 3.05) is 25.1 Å². The third-order valence-corrected chi connectivity index (χ3v) is 3.96. The lowest BCUT2D eigenvalue weighted by Crippen LogP contribution is -2.76. The maximum absolute atomic E-state index is 13.1. The minimum Gasteiger partial charge on any atom is -0.351 e. The highest BCUT2D eigenvalue weighted by Crippen LogP contribution is 2.24. The molecule has 0 aromatic carbocycles. The lowest BCUT2D eigenvalue weighted by molar-refractivity contribution is -0.829. The molecule has 0 spiro atoms. The number of rotatable bonds is 3. The summed E-state index contributed by atoms with van der Waals surface area (Å²) in [5.74, 6) is 6.51. The second kappa shape index (κ2) is 8.38. The van der Waals surface area contributed by atoms with Gasteiger partial charge in [0, 0.05) is 37.1 Å². The molecule has 0 saturated carbocycles. The SMILES string of the molecule is CO[NH2+]c1cccnc1N1CCC(=CC#Cc2cncc(F)c2)CC1. The highest BCUT2D eigenvalue weighted by molar-refractivity contribution is 5.57. The standard InChI is InChI=1S/C19H19FN4O/c1-25-23-18-6-3-9-22-19(18)24-10-7-15(8-11-24)4-2-5-16-12-17(20)14-21-13-16/h3-4,6,9,12-14,23H,7-8,10-11H2,1H3/p+1.